The van der Waals surface area contributed by atoms with Gasteiger partial charge in [-0.2, -0.15) is 13.2 Å². The number of nitrogens with zero attached hydrogens (tertiary/aromatic N) is 2. The number of nitro benzene ring substituents is 1. The van der Waals surface area contributed by atoms with Crippen molar-refractivity contribution in [2.75, 3.05) is 18.0 Å². The molecule has 0 aromatic heterocycles. The maximum Gasteiger partial charge on any atom is 0.393 e. The number of benzene rings is 1. The molecule has 1 aromatic carbocycles. The van der Waals surface area contributed by atoms with Crippen LogP contribution < -0.4 is 4.90 Å². The molecular formula is C13H14BrF3N2O2. The van der Waals surface area contributed by atoms with Gasteiger partial charge in [-0.05, 0) is 25.0 Å². The molecule has 1 atom stereocenters. The maximum absolute atomic E-state index is 12.8. The lowest BCUT2D eigenvalue weighted by atomic mass is 9.97. The molecule has 0 N–H and O–H groups in total. The summed E-state index contributed by atoms with van der Waals surface area (Å²) in [7, 11) is 0. The Kier molecular flexibility index (Phi) is 4.75. The first-order valence-electron chi connectivity index (χ1n) is 6.48. The number of rotatable bonds is 3. The monoisotopic (exact) mass is 366 g/mol. The smallest absolute Gasteiger partial charge is 0.371 e. The number of hydrogen-bond donors (Lipinski definition) is 0. The van der Waals surface area contributed by atoms with Crippen molar-refractivity contribution in [2.45, 2.75) is 24.3 Å². The molecule has 116 valence electrons. The fourth-order valence-corrected chi connectivity index (χ4v) is 2.98. The standard InChI is InChI=1S/C13H14BrF3N2O2/c14-7-9-6-11(3-4-12(9)19(20)21)18-5-1-2-10(8-18)13(15,16)17/h3-4,6,10H,1-2,5,7-8H2. The third kappa shape index (κ3) is 3.66. The van der Waals surface area contributed by atoms with E-state index < -0.39 is 17.0 Å². The minimum atomic E-state index is -4.20. The van der Waals surface area contributed by atoms with E-state index in [-0.39, 0.29) is 24.0 Å². The lowest BCUT2D eigenvalue weighted by molar-refractivity contribution is -0.385. The molecule has 0 saturated carbocycles. The van der Waals surface area contributed by atoms with Gasteiger partial charge in [-0.15, -0.1) is 0 Å². The number of anilines is 1. The van der Waals surface area contributed by atoms with Crippen molar-refractivity contribution < 1.29 is 18.1 Å². The van der Waals surface area contributed by atoms with Crippen LogP contribution in [-0.4, -0.2) is 24.2 Å². The minimum absolute atomic E-state index is 0.0278. The van der Waals surface area contributed by atoms with Gasteiger partial charge < -0.3 is 4.90 Å². The quantitative estimate of drug-likeness (QED) is 0.456. The topological polar surface area (TPSA) is 46.4 Å². The zero-order valence-corrected chi connectivity index (χ0v) is 12.7. The van der Waals surface area contributed by atoms with Gasteiger partial charge in [0.2, 0.25) is 0 Å². The molecule has 2 rings (SSSR count). The molecule has 1 fully saturated rings. The van der Waals surface area contributed by atoms with Crippen LogP contribution >= 0.6 is 15.9 Å². The molecule has 1 unspecified atom stereocenters. The van der Waals surface area contributed by atoms with E-state index in [1.165, 1.54) is 12.1 Å². The van der Waals surface area contributed by atoms with Crippen molar-refractivity contribution in [1.82, 2.24) is 0 Å². The second kappa shape index (κ2) is 6.21. The van der Waals surface area contributed by atoms with Crippen molar-refractivity contribution in [3.63, 3.8) is 0 Å². The molecule has 21 heavy (non-hydrogen) atoms. The number of alkyl halides is 4. The molecule has 8 heteroatoms. The highest BCUT2D eigenvalue weighted by atomic mass is 79.9. The first kappa shape index (κ1) is 16.1. The summed E-state index contributed by atoms with van der Waals surface area (Å²) in [5.74, 6) is -1.34. The minimum Gasteiger partial charge on any atom is -0.371 e. The molecule has 1 aliphatic rings. The Morgan fingerprint density at radius 3 is 2.71 bits per heavy atom. The summed E-state index contributed by atoms with van der Waals surface area (Å²) in [5.41, 5.74) is 1.04. The van der Waals surface area contributed by atoms with Crippen molar-refractivity contribution in [3.8, 4) is 0 Å². The lowest BCUT2D eigenvalue weighted by Gasteiger charge is -2.35. The average Bonchev–Trinajstić information content (AvgIpc) is 2.45. The predicted molar refractivity (Wildman–Crippen MR) is 76.7 cm³/mol. The van der Waals surface area contributed by atoms with E-state index in [9.17, 15) is 23.3 Å². The summed E-state index contributed by atoms with van der Waals surface area (Å²) in [4.78, 5) is 12.0. The van der Waals surface area contributed by atoms with Crippen LogP contribution in [0.3, 0.4) is 0 Å². The summed E-state index contributed by atoms with van der Waals surface area (Å²) >= 11 is 3.18. The Bertz CT molecular complexity index is 537. The number of nitro groups is 1. The average molecular weight is 367 g/mol. The van der Waals surface area contributed by atoms with Gasteiger partial charge in [0.05, 0.1) is 10.8 Å². The van der Waals surface area contributed by atoms with Crippen LogP contribution in [0.25, 0.3) is 0 Å². The zero-order valence-electron chi connectivity index (χ0n) is 11.1. The van der Waals surface area contributed by atoms with Crippen molar-refractivity contribution in [3.05, 3.63) is 33.9 Å². The van der Waals surface area contributed by atoms with Crippen LogP contribution in [0, 0.1) is 16.0 Å². The van der Waals surface area contributed by atoms with Crippen LogP contribution in [-0.2, 0) is 5.33 Å². The summed E-state index contributed by atoms with van der Waals surface area (Å²) in [5, 5.41) is 11.2. The van der Waals surface area contributed by atoms with Gasteiger partial charge in [0, 0.05) is 35.7 Å². The summed E-state index contributed by atoms with van der Waals surface area (Å²) in [6, 6.07) is 4.46. The van der Waals surface area contributed by atoms with Gasteiger partial charge in [-0.3, -0.25) is 10.1 Å². The molecule has 1 saturated heterocycles. The lowest BCUT2D eigenvalue weighted by Crippen LogP contribution is -2.41. The van der Waals surface area contributed by atoms with Crippen molar-refractivity contribution in [1.29, 1.82) is 0 Å². The molecule has 4 nitrogen and oxygen atoms in total. The molecule has 1 aromatic rings. The van der Waals surface area contributed by atoms with Crippen molar-refractivity contribution in [2.24, 2.45) is 5.92 Å². The molecular weight excluding hydrogens is 353 g/mol. The molecule has 0 spiro atoms. The Hall–Kier alpha value is -1.31. The van der Waals surface area contributed by atoms with E-state index in [2.05, 4.69) is 15.9 Å². The van der Waals surface area contributed by atoms with E-state index in [0.717, 1.165) is 0 Å². The normalized spacial score (nSPS) is 19.6. The van der Waals surface area contributed by atoms with Crippen LogP contribution in [0.2, 0.25) is 0 Å². The molecule has 0 amide bonds. The summed E-state index contributed by atoms with van der Waals surface area (Å²) < 4.78 is 38.5. The summed E-state index contributed by atoms with van der Waals surface area (Å²) in [6.45, 7) is 0.440. The SMILES string of the molecule is O=[N+]([O-])c1ccc(N2CCCC(C(F)(F)F)C2)cc1CBr. The maximum atomic E-state index is 12.8. The van der Waals surface area contributed by atoms with Crippen LogP contribution in [0.5, 0.6) is 0 Å². The van der Waals surface area contributed by atoms with E-state index in [0.29, 0.717) is 24.2 Å². The van der Waals surface area contributed by atoms with Gasteiger partial charge in [0.25, 0.3) is 5.69 Å². The predicted octanol–water partition coefficient (Wildman–Crippen LogP) is 4.27. The van der Waals surface area contributed by atoms with E-state index >= 15 is 0 Å². The van der Waals surface area contributed by atoms with E-state index in [1.54, 1.807) is 11.0 Å². The molecule has 0 radical (unpaired) electrons. The van der Waals surface area contributed by atoms with Crippen LogP contribution in [0.1, 0.15) is 18.4 Å². The van der Waals surface area contributed by atoms with E-state index in [1.807, 2.05) is 0 Å². The second-order valence-electron chi connectivity index (χ2n) is 5.03. The third-order valence-electron chi connectivity index (χ3n) is 3.65. The summed E-state index contributed by atoms with van der Waals surface area (Å²) in [6.07, 6.45) is -3.60. The Balaban J connectivity index is 2.23. The highest BCUT2D eigenvalue weighted by Crippen LogP contribution is 2.36. The van der Waals surface area contributed by atoms with Gasteiger partial charge in [0.1, 0.15) is 0 Å². The van der Waals surface area contributed by atoms with Gasteiger partial charge in [0.15, 0.2) is 0 Å². The largest absolute Gasteiger partial charge is 0.393 e. The van der Waals surface area contributed by atoms with Gasteiger partial charge in [-0.25, -0.2) is 0 Å². The van der Waals surface area contributed by atoms with E-state index in [4.69, 9.17) is 0 Å². The van der Waals surface area contributed by atoms with Crippen LogP contribution in [0.15, 0.2) is 18.2 Å². The Morgan fingerprint density at radius 1 is 1.43 bits per heavy atom. The number of piperidine rings is 1. The van der Waals surface area contributed by atoms with Crippen LogP contribution in [0.4, 0.5) is 24.5 Å². The molecule has 0 aliphatic carbocycles. The third-order valence-corrected chi connectivity index (χ3v) is 4.26. The highest BCUT2D eigenvalue weighted by Gasteiger charge is 2.41. The fourth-order valence-electron chi connectivity index (χ4n) is 2.53. The fraction of sp³-hybridized carbons (Fsp3) is 0.538. The number of hydrogen-bond acceptors (Lipinski definition) is 3. The first-order valence-corrected chi connectivity index (χ1v) is 7.60. The van der Waals surface area contributed by atoms with Gasteiger partial charge >= 0.3 is 6.18 Å². The molecule has 0 bridgehead atoms. The molecule has 1 heterocycles. The number of halogens is 4. The molecule has 1 aliphatic heterocycles. The van der Waals surface area contributed by atoms with Crippen molar-refractivity contribution >= 4 is 27.3 Å². The Labute approximate surface area is 128 Å². The Morgan fingerprint density at radius 2 is 2.14 bits per heavy atom. The highest BCUT2D eigenvalue weighted by molar-refractivity contribution is 9.08. The second-order valence-corrected chi connectivity index (χ2v) is 5.59. The zero-order chi connectivity index (χ0) is 15.6. The van der Waals surface area contributed by atoms with Gasteiger partial charge in [-0.1, -0.05) is 15.9 Å². The first-order chi connectivity index (χ1) is 9.82.